The number of rotatable bonds is 11. The standard InChI is InChI=1S/C24H42O2/c1-10-18(4)15-20(6)16-19(5)12-11-13-21(7)24(26-23(9)25)22(8)14-17(2)3/h11-12,14,16,18,20-22,24H,10,13,15H2,1-9H3. The van der Waals surface area contributed by atoms with Gasteiger partial charge in [-0.15, -0.1) is 0 Å². The predicted molar refractivity (Wildman–Crippen MR) is 114 cm³/mol. The van der Waals surface area contributed by atoms with Crippen molar-refractivity contribution in [2.45, 2.75) is 87.7 Å². The molecule has 0 spiro atoms. The number of ether oxygens (including phenoxy) is 1. The van der Waals surface area contributed by atoms with E-state index in [4.69, 9.17) is 4.74 Å². The van der Waals surface area contributed by atoms with Gasteiger partial charge in [-0.2, -0.15) is 0 Å². The molecule has 0 aromatic heterocycles. The Morgan fingerprint density at radius 2 is 1.62 bits per heavy atom. The summed E-state index contributed by atoms with van der Waals surface area (Å²) in [5.74, 6) is 1.69. The molecular formula is C24H42O2. The summed E-state index contributed by atoms with van der Waals surface area (Å²) in [7, 11) is 0. The van der Waals surface area contributed by atoms with Crippen LogP contribution in [-0.4, -0.2) is 12.1 Å². The largest absolute Gasteiger partial charge is 0.462 e. The number of allylic oxidation sites excluding steroid dienone is 5. The van der Waals surface area contributed by atoms with Crippen LogP contribution in [0.2, 0.25) is 0 Å². The van der Waals surface area contributed by atoms with Crippen molar-refractivity contribution in [3.05, 3.63) is 35.5 Å². The summed E-state index contributed by atoms with van der Waals surface area (Å²) >= 11 is 0. The minimum Gasteiger partial charge on any atom is -0.462 e. The zero-order valence-corrected chi connectivity index (χ0v) is 18.6. The summed E-state index contributed by atoms with van der Waals surface area (Å²) < 4.78 is 5.62. The minimum atomic E-state index is -0.199. The van der Waals surface area contributed by atoms with Crippen molar-refractivity contribution in [1.29, 1.82) is 0 Å². The monoisotopic (exact) mass is 362 g/mol. The first-order chi connectivity index (χ1) is 12.1. The third kappa shape index (κ3) is 11.3. The lowest BCUT2D eigenvalue weighted by Crippen LogP contribution is -2.30. The second-order valence-electron chi connectivity index (χ2n) is 8.43. The second-order valence-corrected chi connectivity index (χ2v) is 8.43. The maximum Gasteiger partial charge on any atom is 0.302 e. The average molecular weight is 363 g/mol. The fraction of sp³-hybridized carbons (Fsp3) is 0.708. The van der Waals surface area contributed by atoms with Crippen LogP contribution >= 0.6 is 0 Å². The second kappa shape index (κ2) is 12.9. The van der Waals surface area contributed by atoms with Gasteiger partial charge in [-0.3, -0.25) is 4.79 Å². The Labute approximate surface area is 162 Å². The summed E-state index contributed by atoms with van der Waals surface area (Å²) in [5, 5.41) is 0. The lowest BCUT2D eigenvalue weighted by molar-refractivity contribution is -0.150. The highest BCUT2D eigenvalue weighted by Gasteiger charge is 2.24. The van der Waals surface area contributed by atoms with Gasteiger partial charge in [-0.05, 0) is 51.4 Å². The van der Waals surface area contributed by atoms with Gasteiger partial charge in [-0.1, -0.05) is 76.5 Å². The van der Waals surface area contributed by atoms with E-state index in [1.165, 1.54) is 30.9 Å². The molecule has 0 heterocycles. The molecule has 0 radical (unpaired) electrons. The van der Waals surface area contributed by atoms with Gasteiger partial charge in [0.25, 0.3) is 0 Å². The maximum atomic E-state index is 11.5. The molecule has 2 heteroatoms. The SMILES string of the molecule is CCC(C)CC(C)C=C(C)C=CCC(C)C(OC(C)=O)C(C)C=C(C)C. The van der Waals surface area contributed by atoms with E-state index in [1.807, 2.05) is 0 Å². The molecule has 0 aliphatic heterocycles. The Morgan fingerprint density at radius 3 is 2.12 bits per heavy atom. The van der Waals surface area contributed by atoms with Gasteiger partial charge in [0.15, 0.2) is 0 Å². The van der Waals surface area contributed by atoms with E-state index < -0.39 is 0 Å². The van der Waals surface area contributed by atoms with Crippen molar-refractivity contribution in [3.8, 4) is 0 Å². The van der Waals surface area contributed by atoms with E-state index in [9.17, 15) is 4.79 Å². The van der Waals surface area contributed by atoms with E-state index in [1.54, 1.807) is 0 Å². The Bertz CT molecular complexity index is 494. The number of hydrogen-bond acceptors (Lipinski definition) is 2. The van der Waals surface area contributed by atoms with E-state index in [0.717, 1.165) is 12.3 Å². The van der Waals surface area contributed by atoms with Crippen LogP contribution in [0, 0.1) is 23.7 Å². The number of carbonyl (C=O) groups excluding carboxylic acids is 1. The van der Waals surface area contributed by atoms with Gasteiger partial charge >= 0.3 is 5.97 Å². The molecule has 0 saturated heterocycles. The molecule has 0 saturated carbocycles. The molecule has 150 valence electrons. The fourth-order valence-corrected chi connectivity index (χ4v) is 3.53. The summed E-state index contributed by atoms with van der Waals surface area (Å²) in [6.07, 6.45) is 12.3. The zero-order chi connectivity index (χ0) is 20.3. The molecule has 0 aliphatic rings. The van der Waals surface area contributed by atoms with Crippen molar-refractivity contribution in [2.75, 3.05) is 0 Å². The Hall–Kier alpha value is -1.31. The molecule has 0 aromatic rings. The van der Waals surface area contributed by atoms with Gasteiger partial charge in [0.05, 0.1) is 0 Å². The molecule has 0 rings (SSSR count). The van der Waals surface area contributed by atoms with Crippen molar-refractivity contribution >= 4 is 5.97 Å². The van der Waals surface area contributed by atoms with Gasteiger partial charge in [0, 0.05) is 12.8 Å². The summed E-state index contributed by atoms with van der Waals surface area (Å²) in [6, 6.07) is 0. The molecule has 2 nitrogen and oxygen atoms in total. The topological polar surface area (TPSA) is 26.3 Å². The fourth-order valence-electron chi connectivity index (χ4n) is 3.53. The molecule has 0 aromatic carbocycles. The molecule has 5 unspecified atom stereocenters. The molecule has 26 heavy (non-hydrogen) atoms. The highest BCUT2D eigenvalue weighted by Crippen LogP contribution is 2.23. The molecule has 5 atom stereocenters. The van der Waals surface area contributed by atoms with Crippen LogP contribution < -0.4 is 0 Å². The smallest absolute Gasteiger partial charge is 0.302 e. The first-order valence-electron chi connectivity index (χ1n) is 10.2. The predicted octanol–water partition coefficient (Wildman–Crippen LogP) is 7.12. The van der Waals surface area contributed by atoms with Crippen LogP contribution in [0.3, 0.4) is 0 Å². The van der Waals surface area contributed by atoms with E-state index in [0.29, 0.717) is 5.92 Å². The third-order valence-electron chi connectivity index (χ3n) is 4.88. The van der Waals surface area contributed by atoms with Crippen molar-refractivity contribution < 1.29 is 9.53 Å². The highest BCUT2D eigenvalue weighted by molar-refractivity contribution is 5.66. The van der Waals surface area contributed by atoms with Crippen molar-refractivity contribution in [3.63, 3.8) is 0 Å². The Balaban J connectivity index is 4.82. The number of esters is 1. The third-order valence-corrected chi connectivity index (χ3v) is 4.88. The molecule has 0 bridgehead atoms. The Morgan fingerprint density at radius 1 is 1.00 bits per heavy atom. The van der Waals surface area contributed by atoms with Crippen LogP contribution in [0.1, 0.15) is 81.6 Å². The van der Waals surface area contributed by atoms with Crippen LogP contribution in [-0.2, 0) is 9.53 Å². The van der Waals surface area contributed by atoms with Crippen molar-refractivity contribution in [1.82, 2.24) is 0 Å². The first kappa shape index (κ1) is 24.7. The lowest BCUT2D eigenvalue weighted by atomic mass is 9.89. The lowest BCUT2D eigenvalue weighted by Gasteiger charge is -2.27. The molecule has 0 fully saturated rings. The van der Waals surface area contributed by atoms with Gasteiger partial charge in [-0.25, -0.2) is 0 Å². The van der Waals surface area contributed by atoms with Gasteiger partial charge in [0.2, 0.25) is 0 Å². The van der Waals surface area contributed by atoms with E-state index in [-0.39, 0.29) is 23.9 Å². The van der Waals surface area contributed by atoms with Crippen LogP contribution in [0.15, 0.2) is 35.5 Å². The van der Waals surface area contributed by atoms with E-state index >= 15 is 0 Å². The highest BCUT2D eigenvalue weighted by atomic mass is 16.5. The van der Waals surface area contributed by atoms with Gasteiger partial charge in [0.1, 0.15) is 6.10 Å². The summed E-state index contributed by atoms with van der Waals surface area (Å²) in [4.78, 5) is 11.5. The van der Waals surface area contributed by atoms with Crippen LogP contribution in [0.5, 0.6) is 0 Å². The van der Waals surface area contributed by atoms with Crippen molar-refractivity contribution in [2.24, 2.45) is 23.7 Å². The molecule has 0 aliphatic carbocycles. The molecule has 0 amide bonds. The summed E-state index contributed by atoms with van der Waals surface area (Å²) in [5.41, 5.74) is 2.57. The summed E-state index contributed by atoms with van der Waals surface area (Å²) in [6.45, 7) is 19.0. The Kier molecular flexibility index (Phi) is 12.3. The van der Waals surface area contributed by atoms with E-state index in [2.05, 4.69) is 79.7 Å². The van der Waals surface area contributed by atoms with Crippen LogP contribution in [0.4, 0.5) is 0 Å². The molecular weight excluding hydrogens is 320 g/mol. The quantitative estimate of drug-likeness (QED) is 0.222. The van der Waals surface area contributed by atoms with Crippen LogP contribution in [0.25, 0.3) is 0 Å². The normalized spacial score (nSPS) is 18.1. The zero-order valence-electron chi connectivity index (χ0n) is 18.6. The average Bonchev–Trinajstić information content (AvgIpc) is 2.50. The minimum absolute atomic E-state index is 0.0827. The maximum absolute atomic E-state index is 11.5. The van der Waals surface area contributed by atoms with Gasteiger partial charge < -0.3 is 4.74 Å². The number of carbonyl (C=O) groups is 1. The number of hydrogen-bond donors (Lipinski definition) is 0. The first-order valence-corrected chi connectivity index (χ1v) is 10.2. The molecule has 0 N–H and O–H groups in total.